The lowest BCUT2D eigenvalue weighted by Crippen LogP contribution is -2.48. The van der Waals surface area contributed by atoms with Gasteiger partial charge in [0.15, 0.2) is 0 Å². The summed E-state index contributed by atoms with van der Waals surface area (Å²) >= 11 is 0. The van der Waals surface area contributed by atoms with E-state index in [0.29, 0.717) is 29.3 Å². The fourth-order valence-electron chi connectivity index (χ4n) is 3.32. The van der Waals surface area contributed by atoms with Crippen LogP contribution in [0.1, 0.15) is 59.2 Å². The molecule has 0 radical (unpaired) electrons. The highest BCUT2D eigenvalue weighted by Crippen LogP contribution is 2.22. The fraction of sp³-hybridized carbons (Fsp3) is 0.286. The van der Waals surface area contributed by atoms with Gasteiger partial charge in [0, 0.05) is 11.1 Å². The summed E-state index contributed by atoms with van der Waals surface area (Å²) in [6.07, 6.45) is 2.15. The third-order valence-electron chi connectivity index (χ3n) is 5.39. The van der Waals surface area contributed by atoms with Gasteiger partial charge in [-0.2, -0.15) is 5.10 Å². The highest BCUT2D eigenvalue weighted by atomic mass is 16.5. The second-order valence-corrected chi connectivity index (χ2v) is 8.71. The van der Waals surface area contributed by atoms with Crippen molar-refractivity contribution in [3.05, 3.63) is 83.1 Å². The monoisotopic (exact) mass is 489 g/mol. The molecule has 0 aliphatic heterocycles. The number of benzene rings is 2. The molecule has 2 aromatic carbocycles. The number of furan rings is 1. The molecule has 0 spiro atoms. The molecule has 1 heterocycles. The van der Waals surface area contributed by atoms with E-state index in [4.69, 9.17) is 9.15 Å². The van der Waals surface area contributed by atoms with Crippen molar-refractivity contribution in [2.75, 3.05) is 6.61 Å². The summed E-state index contributed by atoms with van der Waals surface area (Å²) in [4.78, 5) is 37.2. The van der Waals surface area contributed by atoms with Gasteiger partial charge < -0.3 is 14.5 Å². The molecule has 0 aliphatic carbocycles. The van der Waals surface area contributed by atoms with Gasteiger partial charge in [0.2, 0.25) is 0 Å². The molecule has 0 saturated carbocycles. The van der Waals surface area contributed by atoms with Gasteiger partial charge in [-0.1, -0.05) is 50.6 Å². The summed E-state index contributed by atoms with van der Waals surface area (Å²) in [7, 11) is 0. The number of hydrazone groups is 1. The van der Waals surface area contributed by atoms with Crippen LogP contribution >= 0.6 is 0 Å². The number of carbonyl (C=O) groups excluding carboxylic acids is 3. The molecule has 0 bridgehead atoms. The Labute approximate surface area is 210 Å². The highest BCUT2D eigenvalue weighted by molar-refractivity contribution is 5.97. The lowest BCUT2D eigenvalue weighted by atomic mass is 10.0. The van der Waals surface area contributed by atoms with Crippen molar-refractivity contribution in [2.24, 2.45) is 11.0 Å². The third-order valence-corrected chi connectivity index (χ3v) is 5.39. The third kappa shape index (κ3) is 7.15. The van der Waals surface area contributed by atoms with Gasteiger partial charge in [-0.3, -0.25) is 9.59 Å². The molecular formula is C28H31N3O5. The van der Waals surface area contributed by atoms with Crippen LogP contribution in [0.5, 0.6) is 0 Å². The summed E-state index contributed by atoms with van der Waals surface area (Å²) in [6.45, 7) is 7.95. The van der Waals surface area contributed by atoms with Gasteiger partial charge in [-0.25, -0.2) is 10.2 Å². The second-order valence-electron chi connectivity index (χ2n) is 8.71. The average molecular weight is 490 g/mol. The minimum absolute atomic E-state index is 0.146. The first kappa shape index (κ1) is 26.4. The molecule has 0 saturated heterocycles. The zero-order valence-electron chi connectivity index (χ0n) is 20.9. The van der Waals surface area contributed by atoms with Crippen LogP contribution in [0, 0.1) is 12.8 Å². The molecule has 36 heavy (non-hydrogen) atoms. The largest absolute Gasteiger partial charge is 0.462 e. The zero-order valence-corrected chi connectivity index (χ0v) is 20.9. The Kier molecular flexibility index (Phi) is 9.16. The Morgan fingerprint density at radius 1 is 0.972 bits per heavy atom. The van der Waals surface area contributed by atoms with E-state index < -0.39 is 11.9 Å². The first-order valence-corrected chi connectivity index (χ1v) is 11.9. The van der Waals surface area contributed by atoms with E-state index in [1.807, 2.05) is 39.8 Å². The molecule has 3 aromatic rings. The van der Waals surface area contributed by atoms with Gasteiger partial charge in [-0.05, 0) is 55.7 Å². The average Bonchev–Trinajstić information content (AvgIpc) is 3.34. The number of aryl methyl sites for hydroxylation is 1. The molecule has 0 aliphatic rings. The number of hydrogen-bond donors (Lipinski definition) is 2. The summed E-state index contributed by atoms with van der Waals surface area (Å²) in [5, 5.41) is 6.75. The maximum atomic E-state index is 12.7. The first-order valence-electron chi connectivity index (χ1n) is 11.9. The van der Waals surface area contributed by atoms with Crippen LogP contribution in [0.2, 0.25) is 0 Å². The van der Waals surface area contributed by atoms with Crippen LogP contribution in [0.3, 0.4) is 0 Å². The minimum Gasteiger partial charge on any atom is -0.462 e. The predicted octanol–water partition coefficient (Wildman–Crippen LogP) is 4.73. The van der Waals surface area contributed by atoms with Crippen LogP contribution in [0.25, 0.3) is 11.3 Å². The number of carbonyl (C=O) groups is 3. The lowest BCUT2D eigenvalue weighted by Gasteiger charge is -2.20. The molecule has 1 unspecified atom stereocenters. The zero-order chi connectivity index (χ0) is 26.1. The minimum atomic E-state index is -0.759. The molecular weight excluding hydrogens is 458 g/mol. The van der Waals surface area contributed by atoms with E-state index in [0.717, 1.165) is 17.5 Å². The molecule has 3 rings (SSSR count). The number of nitrogens with zero attached hydrogens (tertiary/aromatic N) is 1. The molecule has 8 heteroatoms. The Morgan fingerprint density at radius 3 is 2.28 bits per heavy atom. The quantitative estimate of drug-likeness (QED) is 0.243. The van der Waals surface area contributed by atoms with Gasteiger partial charge >= 0.3 is 5.97 Å². The van der Waals surface area contributed by atoms with E-state index >= 15 is 0 Å². The summed E-state index contributed by atoms with van der Waals surface area (Å²) < 4.78 is 10.9. The standard InChI is InChI=1S/C28H31N3O5/c1-5-16-35-28(34)22-12-10-20(11-13-22)24-15-14-23(36-24)17-29-31-27(33)25(18(2)3)30-26(32)21-8-6-19(4)7-9-21/h6-15,17-18,25H,5,16H2,1-4H3,(H,30,32)(H,31,33)/b29-17-. The van der Waals surface area contributed by atoms with E-state index in [1.165, 1.54) is 6.21 Å². The Morgan fingerprint density at radius 2 is 1.64 bits per heavy atom. The van der Waals surface area contributed by atoms with Gasteiger partial charge in [-0.15, -0.1) is 0 Å². The number of nitrogens with one attached hydrogen (secondary N) is 2. The highest BCUT2D eigenvalue weighted by Gasteiger charge is 2.24. The molecule has 2 N–H and O–H groups in total. The molecule has 8 nitrogen and oxygen atoms in total. The summed E-state index contributed by atoms with van der Waals surface area (Å²) in [6, 6.07) is 16.8. The normalized spacial score (nSPS) is 11.9. The number of ether oxygens (including phenoxy) is 1. The van der Waals surface area contributed by atoms with Crippen molar-refractivity contribution in [1.82, 2.24) is 10.7 Å². The number of hydrogen-bond acceptors (Lipinski definition) is 6. The van der Waals surface area contributed by atoms with Crippen molar-refractivity contribution in [3.63, 3.8) is 0 Å². The van der Waals surface area contributed by atoms with Crippen LogP contribution < -0.4 is 10.7 Å². The second kappa shape index (κ2) is 12.5. The van der Waals surface area contributed by atoms with E-state index in [9.17, 15) is 14.4 Å². The molecule has 0 fully saturated rings. The topological polar surface area (TPSA) is 110 Å². The van der Waals surface area contributed by atoms with Crippen molar-refractivity contribution in [3.8, 4) is 11.3 Å². The number of rotatable bonds is 10. The van der Waals surface area contributed by atoms with Gasteiger partial charge in [0.25, 0.3) is 11.8 Å². The number of amides is 2. The summed E-state index contributed by atoms with van der Waals surface area (Å²) in [5.41, 5.74) is 5.25. The number of esters is 1. The van der Waals surface area contributed by atoms with Crippen molar-refractivity contribution in [1.29, 1.82) is 0 Å². The van der Waals surface area contributed by atoms with Crippen LogP contribution in [-0.2, 0) is 9.53 Å². The Balaban J connectivity index is 1.58. The van der Waals surface area contributed by atoms with Crippen molar-refractivity contribution < 1.29 is 23.5 Å². The van der Waals surface area contributed by atoms with Crippen LogP contribution in [0.4, 0.5) is 0 Å². The molecule has 1 atom stereocenters. The summed E-state index contributed by atoms with van der Waals surface area (Å²) in [5.74, 6) is -0.247. The first-order chi connectivity index (χ1) is 17.3. The van der Waals surface area contributed by atoms with Crippen molar-refractivity contribution >= 4 is 24.0 Å². The van der Waals surface area contributed by atoms with Crippen LogP contribution in [0.15, 0.2) is 70.2 Å². The molecule has 188 valence electrons. The van der Waals surface area contributed by atoms with Gasteiger partial charge in [0.1, 0.15) is 17.6 Å². The molecule has 1 aromatic heterocycles. The SMILES string of the molecule is CCCOC(=O)c1ccc(-c2ccc(/C=N\NC(=O)C(NC(=O)c3ccc(C)cc3)C(C)C)o2)cc1. The van der Waals surface area contributed by atoms with Gasteiger partial charge in [0.05, 0.1) is 18.4 Å². The fourth-order valence-corrected chi connectivity index (χ4v) is 3.32. The van der Waals surface area contributed by atoms with Crippen LogP contribution in [-0.4, -0.2) is 36.6 Å². The smallest absolute Gasteiger partial charge is 0.338 e. The van der Waals surface area contributed by atoms with E-state index in [1.54, 1.807) is 48.5 Å². The Hall–Kier alpha value is -4.20. The van der Waals surface area contributed by atoms with Crippen molar-refractivity contribution in [2.45, 2.75) is 40.2 Å². The van der Waals surface area contributed by atoms with E-state index in [-0.39, 0.29) is 17.8 Å². The van der Waals surface area contributed by atoms with E-state index in [2.05, 4.69) is 15.8 Å². The lowest BCUT2D eigenvalue weighted by molar-refractivity contribution is -0.123. The maximum absolute atomic E-state index is 12.7. The Bertz CT molecular complexity index is 1210. The molecule has 2 amide bonds. The maximum Gasteiger partial charge on any atom is 0.338 e. The predicted molar refractivity (Wildman–Crippen MR) is 138 cm³/mol.